The summed E-state index contributed by atoms with van der Waals surface area (Å²) < 4.78 is 25.6. The van der Waals surface area contributed by atoms with Crippen LogP contribution in [0.15, 0.2) is 91.0 Å². The van der Waals surface area contributed by atoms with E-state index in [9.17, 15) is 18.8 Å². The Morgan fingerprint density at radius 1 is 0.837 bits per heavy atom. The van der Waals surface area contributed by atoms with E-state index >= 15 is 0 Å². The van der Waals surface area contributed by atoms with Gasteiger partial charge in [0.2, 0.25) is 0 Å². The zero-order valence-electron chi connectivity index (χ0n) is 23.8. The third-order valence-corrected chi connectivity index (χ3v) is 9.14. The SMILES string of the molecule is COc1ccc(C2C(C(=O)c3ccc(C)cc3)N3c4ccc(F)cc4C=CC3C23C(=O)c2ccccc2C3=O)cc1OC. The van der Waals surface area contributed by atoms with E-state index < -0.39 is 29.2 Å². The molecule has 0 radical (unpaired) electrons. The Morgan fingerprint density at radius 3 is 2.16 bits per heavy atom. The molecule has 0 bridgehead atoms. The van der Waals surface area contributed by atoms with Gasteiger partial charge in [0.05, 0.1) is 20.3 Å². The molecule has 214 valence electrons. The number of carbonyl (C=O) groups excluding carboxylic acids is 3. The first-order chi connectivity index (χ1) is 20.8. The molecule has 7 rings (SSSR count). The molecule has 3 aliphatic rings. The Labute approximate surface area is 248 Å². The summed E-state index contributed by atoms with van der Waals surface area (Å²) in [5.74, 6) is -1.37. The van der Waals surface area contributed by atoms with Crippen molar-refractivity contribution < 1.29 is 28.2 Å². The van der Waals surface area contributed by atoms with Gasteiger partial charge in [-0.1, -0.05) is 72.3 Å². The van der Waals surface area contributed by atoms with E-state index in [-0.39, 0.29) is 17.3 Å². The molecular formula is C36H28FNO5. The highest BCUT2D eigenvalue weighted by Crippen LogP contribution is 2.61. The van der Waals surface area contributed by atoms with Gasteiger partial charge in [-0.3, -0.25) is 14.4 Å². The van der Waals surface area contributed by atoms with Gasteiger partial charge >= 0.3 is 0 Å². The van der Waals surface area contributed by atoms with Crippen molar-refractivity contribution in [3.8, 4) is 11.5 Å². The van der Waals surface area contributed by atoms with Crippen LogP contribution in [0.1, 0.15) is 53.7 Å². The van der Waals surface area contributed by atoms with E-state index in [0.29, 0.717) is 45.0 Å². The first-order valence-corrected chi connectivity index (χ1v) is 14.1. The third kappa shape index (κ3) is 3.67. The zero-order chi connectivity index (χ0) is 30.0. The van der Waals surface area contributed by atoms with Crippen molar-refractivity contribution in [3.05, 3.63) is 130 Å². The second-order valence-electron chi connectivity index (χ2n) is 11.3. The maximum atomic E-state index is 14.8. The number of carbonyl (C=O) groups is 3. The Morgan fingerprint density at radius 2 is 1.51 bits per heavy atom. The largest absolute Gasteiger partial charge is 0.493 e. The van der Waals surface area contributed by atoms with E-state index in [2.05, 4.69) is 0 Å². The summed E-state index contributed by atoms with van der Waals surface area (Å²) >= 11 is 0. The lowest BCUT2D eigenvalue weighted by atomic mass is 9.64. The lowest BCUT2D eigenvalue weighted by Gasteiger charge is -2.37. The molecule has 1 aliphatic carbocycles. The Balaban J connectivity index is 1.55. The van der Waals surface area contributed by atoms with E-state index in [1.807, 2.05) is 24.0 Å². The highest BCUT2D eigenvalue weighted by Gasteiger charge is 2.71. The maximum Gasteiger partial charge on any atom is 0.185 e. The van der Waals surface area contributed by atoms with Gasteiger partial charge in [-0.15, -0.1) is 0 Å². The number of ketones is 3. The molecule has 4 aromatic carbocycles. The molecule has 7 heteroatoms. The predicted molar refractivity (Wildman–Crippen MR) is 161 cm³/mol. The highest BCUT2D eigenvalue weighted by molar-refractivity contribution is 6.32. The summed E-state index contributed by atoms with van der Waals surface area (Å²) in [5.41, 5.74) is 2.17. The topological polar surface area (TPSA) is 72.9 Å². The number of hydrogen-bond acceptors (Lipinski definition) is 6. The van der Waals surface area contributed by atoms with Gasteiger partial charge in [-0.25, -0.2) is 4.39 Å². The summed E-state index contributed by atoms with van der Waals surface area (Å²) in [5, 5.41) is 0. The summed E-state index contributed by atoms with van der Waals surface area (Å²) in [6.07, 6.45) is 3.52. The molecule has 1 saturated heterocycles. The minimum Gasteiger partial charge on any atom is -0.493 e. The second-order valence-corrected chi connectivity index (χ2v) is 11.3. The van der Waals surface area contributed by atoms with Crippen LogP contribution in [0.25, 0.3) is 6.08 Å². The summed E-state index contributed by atoms with van der Waals surface area (Å²) in [6, 6.07) is 21.9. The number of hydrogen-bond donors (Lipinski definition) is 0. The van der Waals surface area contributed by atoms with Gasteiger partial charge in [0.15, 0.2) is 28.8 Å². The number of nitrogens with zero attached hydrogens (tertiary/aromatic N) is 1. The van der Waals surface area contributed by atoms with Gasteiger partial charge < -0.3 is 14.4 Å². The number of ether oxygens (including phenoxy) is 2. The predicted octanol–water partition coefficient (Wildman–Crippen LogP) is 6.47. The normalized spacial score (nSPS) is 21.0. The Hall–Kier alpha value is -5.04. The maximum absolute atomic E-state index is 14.8. The van der Waals surface area contributed by atoms with Crippen molar-refractivity contribution in [2.45, 2.75) is 24.9 Å². The van der Waals surface area contributed by atoms with Crippen LogP contribution in [-0.2, 0) is 0 Å². The Bertz CT molecular complexity index is 1830. The number of anilines is 1. The van der Waals surface area contributed by atoms with Crippen molar-refractivity contribution in [1.29, 1.82) is 0 Å². The van der Waals surface area contributed by atoms with Crippen LogP contribution in [0.4, 0.5) is 10.1 Å². The molecule has 1 fully saturated rings. The monoisotopic (exact) mass is 573 g/mol. The van der Waals surface area contributed by atoms with Crippen LogP contribution in [0.3, 0.4) is 0 Å². The summed E-state index contributed by atoms with van der Waals surface area (Å²) in [7, 11) is 3.04. The van der Waals surface area contributed by atoms with Crippen molar-refractivity contribution in [2.24, 2.45) is 5.41 Å². The fraction of sp³-hybridized carbons (Fsp3) is 0.194. The van der Waals surface area contributed by atoms with Crippen molar-refractivity contribution in [2.75, 3.05) is 19.1 Å². The molecule has 43 heavy (non-hydrogen) atoms. The number of benzene rings is 4. The third-order valence-electron chi connectivity index (χ3n) is 9.14. The lowest BCUT2D eigenvalue weighted by molar-refractivity contribution is 0.0665. The molecule has 3 unspecified atom stereocenters. The standard InChI is InChI=1S/C36H28FNO5/c1-20-8-10-21(11-9-20)33(39)32-31(23-12-16-28(42-2)29(19-23)43-3)36(34(40)25-6-4-5-7-26(25)35(36)41)30-17-13-22-18-24(37)14-15-27(22)38(30)32/h4-19,30-32H,1-3H3. The molecule has 0 saturated carbocycles. The van der Waals surface area contributed by atoms with Gasteiger partial charge in [0.1, 0.15) is 17.3 Å². The van der Waals surface area contributed by atoms with Crippen molar-refractivity contribution >= 4 is 29.1 Å². The number of halogens is 1. The molecule has 6 nitrogen and oxygen atoms in total. The highest BCUT2D eigenvalue weighted by atomic mass is 19.1. The molecule has 0 N–H and O–H groups in total. The van der Waals surface area contributed by atoms with Gasteiger partial charge in [0, 0.05) is 33.9 Å². The molecule has 0 amide bonds. The zero-order valence-corrected chi connectivity index (χ0v) is 23.8. The number of aryl methyl sites for hydroxylation is 1. The number of fused-ring (bicyclic) bond motifs is 5. The van der Waals surface area contributed by atoms with E-state index in [4.69, 9.17) is 9.47 Å². The average molecular weight is 574 g/mol. The van der Waals surface area contributed by atoms with Crippen LogP contribution < -0.4 is 14.4 Å². The average Bonchev–Trinajstić information content (AvgIpc) is 3.46. The van der Waals surface area contributed by atoms with E-state index in [1.54, 1.807) is 72.8 Å². The summed E-state index contributed by atoms with van der Waals surface area (Å²) in [4.78, 5) is 46.1. The minimum atomic E-state index is -1.67. The van der Waals surface area contributed by atoms with Crippen LogP contribution >= 0.6 is 0 Å². The molecule has 0 aromatic heterocycles. The minimum absolute atomic E-state index is 0.246. The number of methoxy groups -OCH3 is 2. The fourth-order valence-corrected chi connectivity index (χ4v) is 7.26. The van der Waals surface area contributed by atoms with Crippen LogP contribution in [-0.4, -0.2) is 43.7 Å². The van der Waals surface area contributed by atoms with Gasteiger partial charge in [-0.2, -0.15) is 0 Å². The first kappa shape index (κ1) is 26.8. The van der Waals surface area contributed by atoms with Crippen LogP contribution in [0.5, 0.6) is 11.5 Å². The molecule has 4 aromatic rings. The van der Waals surface area contributed by atoms with Crippen molar-refractivity contribution in [1.82, 2.24) is 0 Å². The lowest BCUT2D eigenvalue weighted by Crippen LogP contribution is -2.48. The fourth-order valence-electron chi connectivity index (χ4n) is 7.26. The molecule has 2 heterocycles. The molecule has 3 atom stereocenters. The number of rotatable bonds is 5. The van der Waals surface area contributed by atoms with Gasteiger partial charge in [0.25, 0.3) is 0 Å². The first-order valence-electron chi connectivity index (χ1n) is 14.1. The Kier molecular flexibility index (Phi) is 6.09. The van der Waals surface area contributed by atoms with Crippen LogP contribution in [0.2, 0.25) is 0 Å². The van der Waals surface area contributed by atoms with Gasteiger partial charge in [-0.05, 0) is 42.8 Å². The molecule has 2 aliphatic heterocycles. The van der Waals surface area contributed by atoms with E-state index in [0.717, 1.165) is 5.56 Å². The van der Waals surface area contributed by atoms with Crippen LogP contribution in [0, 0.1) is 18.2 Å². The van der Waals surface area contributed by atoms with Crippen molar-refractivity contribution in [3.63, 3.8) is 0 Å². The smallest absolute Gasteiger partial charge is 0.185 e. The van der Waals surface area contributed by atoms with E-state index in [1.165, 1.54) is 26.4 Å². The number of Topliss-reactive ketones (excluding diaryl/α,β-unsaturated/α-hetero) is 3. The quantitative estimate of drug-likeness (QED) is 0.201. The molecule has 1 spiro atoms. The summed E-state index contributed by atoms with van der Waals surface area (Å²) in [6.45, 7) is 1.94. The second kappa shape index (κ2) is 9.76. The molecular weight excluding hydrogens is 545 g/mol.